The van der Waals surface area contributed by atoms with Gasteiger partial charge in [0.05, 0.1) is 0 Å². The molecule has 0 saturated carbocycles. The maximum Gasteiger partial charge on any atom is 0.0318 e. The summed E-state index contributed by atoms with van der Waals surface area (Å²) >= 11 is 5.65. The first-order valence-corrected chi connectivity index (χ1v) is 8.35. The first-order valence-electron chi connectivity index (χ1n) is 6.51. The van der Waals surface area contributed by atoms with Gasteiger partial charge in [-0.15, -0.1) is 0 Å². The molecule has 1 aliphatic heterocycles. The van der Waals surface area contributed by atoms with Crippen molar-refractivity contribution in [1.82, 2.24) is 4.90 Å². The highest BCUT2D eigenvalue weighted by Crippen LogP contribution is 2.24. The molecular weight excluding hydrogens is 308 g/mol. The minimum Gasteiger partial charge on any atom is -0.324 e. The summed E-state index contributed by atoms with van der Waals surface area (Å²) < 4.78 is 1.13. The zero-order valence-corrected chi connectivity index (χ0v) is 13.2. The number of rotatable bonds is 4. The molecule has 4 heteroatoms. The molecule has 2 rings (SSSR count). The average molecular weight is 329 g/mol. The lowest BCUT2D eigenvalue weighted by Gasteiger charge is -2.31. The summed E-state index contributed by atoms with van der Waals surface area (Å²) in [6.45, 7) is 5.82. The Kier molecular flexibility index (Phi) is 5.55. The van der Waals surface area contributed by atoms with Gasteiger partial charge in [0.15, 0.2) is 0 Å². The summed E-state index contributed by atoms with van der Waals surface area (Å²) in [5, 5.41) is 0.762. The Morgan fingerprint density at radius 1 is 1.50 bits per heavy atom. The molecule has 1 aromatic carbocycles. The van der Waals surface area contributed by atoms with Crippen molar-refractivity contribution in [3.8, 4) is 0 Å². The molecule has 0 amide bonds. The Morgan fingerprint density at radius 3 is 3.00 bits per heavy atom. The van der Waals surface area contributed by atoms with Crippen molar-refractivity contribution in [3.05, 3.63) is 34.3 Å². The van der Waals surface area contributed by atoms with Crippen molar-refractivity contribution < 1.29 is 0 Å². The number of hydrogen-bond acceptors (Lipinski definition) is 3. The van der Waals surface area contributed by atoms with Crippen molar-refractivity contribution in [2.24, 2.45) is 5.73 Å². The summed E-state index contributed by atoms with van der Waals surface area (Å²) in [7, 11) is 0. The van der Waals surface area contributed by atoms with Crippen LogP contribution in [0.5, 0.6) is 0 Å². The molecule has 18 heavy (non-hydrogen) atoms. The number of halogens is 1. The molecular formula is C14H21BrN2S. The van der Waals surface area contributed by atoms with E-state index in [1.165, 1.54) is 24.4 Å². The molecule has 2 unspecified atom stereocenters. The largest absolute Gasteiger partial charge is 0.324 e. The predicted octanol–water partition coefficient (Wildman–Crippen LogP) is 3.28. The second-order valence-electron chi connectivity index (χ2n) is 4.90. The molecule has 1 aromatic rings. The topological polar surface area (TPSA) is 29.3 Å². The van der Waals surface area contributed by atoms with Crippen molar-refractivity contribution in [2.45, 2.75) is 24.6 Å². The maximum atomic E-state index is 6.29. The standard InChI is InChI=1S/C14H21BrN2S/c1-11-10-17(8-9-18-11)7-6-14(16)12-4-2-3-5-13(12)15/h2-5,11,14H,6-10,16H2,1H3. The van der Waals surface area contributed by atoms with E-state index < -0.39 is 0 Å². The molecule has 2 nitrogen and oxygen atoms in total. The molecule has 0 aromatic heterocycles. The first kappa shape index (κ1) is 14.4. The first-order chi connectivity index (χ1) is 8.66. The van der Waals surface area contributed by atoms with E-state index in [0.717, 1.165) is 22.7 Å². The van der Waals surface area contributed by atoms with Gasteiger partial charge in [0, 0.05) is 41.2 Å². The summed E-state index contributed by atoms with van der Waals surface area (Å²) in [6, 6.07) is 8.40. The van der Waals surface area contributed by atoms with Crippen LogP contribution < -0.4 is 5.73 Å². The number of nitrogens with zero attached hydrogens (tertiary/aromatic N) is 1. The van der Waals surface area contributed by atoms with Crippen LogP contribution in [0.4, 0.5) is 0 Å². The van der Waals surface area contributed by atoms with E-state index in [1.807, 2.05) is 6.07 Å². The lowest BCUT2D eigenvalue weighted by atomic mass is 10.0. The van der Waals surface area contributed by atoms with Crippen molar-refractivity contribution in [2.75, 3.05) is 25.4 Å². The molecule has 1 heterocycles. The maximum absolute atomic E-state index is 6.29. The van der Waals surface area contributed by atoms with Gasteiger partial charge in [0.25, 0.3) is 0 Å². The van der Waals surface area contributed by atoms with Crippen LogP contribution in [0.15, 0.2) is 28.7 Å². The second-order valence-corrected chi connectivity index (χ2v) is 7.30. The smallest absolute Gasteiger partial charge is 0.0318 e. The Hall–Kier alpha value is -0.0300. The Balaban J connectivity index is 1.84. The van der Waals surface area contributed by atoms with Crippen LogP contribution in [0.25, 0.3) is 0 Å². The van der Waals surface area contributed by atoms with Crippen LogP contribution in [0.3, 0.4) is 0 Å². The second kappa shape index (κ2) is 6.94. The highest BCUT2D eigenvalue weighted by Gasteiger charge is 2.17. The van der Waals surface area contributed by atoms with Gasteiger partial charge < -0.3 is 10.6 Å². The minimum atomic E-state index is 0.130. The van der Waals surface area contributed by atoms with Gasteiger partial charge in [-0.05, 0) is 18.1 Å². The summed E-state index contributed by atoms with van der Waals surface area (Å²) in [5.74, 6) is 1.26. The van der Waals surface area contributed by atoms with Crippen molar-refractivity contribution in [3.63, 3.8) is 0 Å². The number of benzene rings is 1. The average Bonchev–Trinajstić information content (AvgIpc) is 2.37. The van der Waals surface area contributed by atoms with Gasteiger partial charge in [-0.25, -0.2) is 0 Å². The molecule has 1 aliphatic rings. The summed E-state index contributed by atoms with van der Waals surface area (Å²) in [6.07, 6.45) is 1.03. The zero-order chi connectivity index (χ0) is 13.0. The van der Waals surface area contributed by atoms with E-state index in [-0.39, 0.29) is 6.04 Å². The van der Waals surface area contributed by atoms with E-state index in [4.69, 9.17) is 5.73 Å². The van der Waals surface area contributed by atoms with Crippen LogP contribution in [-0.4, -0.2) is 35.5 Å². The normalized spacial score (nSPS) is 22.9. The third kappa shape index (κ3) is 3.98. The Labute approximate surface area is 122 Å². The van der Waals surface area contributed by atoms with Gasteiger partial charge in [0.1, 0.15) is 0 Å². The number of hydrogen-bond donors (Lipinski definition) is 1. The third-order valence-electron chi connectivity index (χ3n) is 3.39. The lowest BCUT2D eigenvalue weighted by Crippen LogP contribution is -2.38. The van der Waals surface area contributed by atoms with E-state index in [0.29, 0.717) is 0 Å². The lowest BCUT2D eigenvalue weighted by molar-refractivity contribution is 0.275. The van der Waals surface area contributed by atoms with E-state index in [2.05, 4.69) is 57.7 Å². The van der Waals surface area contributed by atoms with Crippen LogP contribution in [0, 0.1) is 0 Å². The molecule has 0 radical (unpaired) electrons. The highest BCUT2D eigenvalue weighted by atomic mass is 79.9. The molecule has 2 atom stereocenters. The van der Waals surface area contributed by atoms with Crippen LogP contribution in [0.1, 0.15) is 24.9 Å². The Morgan fingerprint density at radius 2 is 2.28 bits per heavy atom. The van der Waals surface area contributed by atoms with Crippen LogP contribution in [-0.2, 0) is 0 Å². The summed E-state index contributed by atoms with van der Waals surface area (Å²) in [5.41, 5.74) is 7.51. The fourth-order valence-corrected chi connectivity index (χ4v) is 4.01. The van der Waals surface area contributed by atoms with Gasteiger partial charge in [0.2, 0.25) is 0 Å². The molecule has 0 spiro atoms. The summed E-state index contributed by atoms with van der Waals surface area (Å²) in [4.78, 5) is 2.54. The van der Waals surface area contributed by atoms with Crippen LogP contribution >= 0.6 is 27.7 Å². The van der Waals surface area contributed by atoms with Gasteiger partial charge >= 0.3 is 0 Å². The van der Waals surface area contributed by atoms with E-state index >= 15 is 0 Å². The predicted molar refractivity (Wildman–Crippen MR) is 84.0 cm³/mol. The number of thioether (sulfide) groups is 1. The van der Waals surface area contributed by atoms with Crippen LogP contribution in [0.2, 0.25) is 0 Å². The fraction of sp³-hybridized carbons (Fsp3) is 0.571. The molecule has 0 bridgehead atoms. The Bertz CT molecular complexity index is 386. The quantitative estimate of drug-likeness (QED) is 0.919. The number of nitrogens with two attached hydrogens (primary N) is 1. The van der Waals surface area contributed by atoms with Gasteiger partial charge in [-0.1, -0.05) is 41.1 Å². The molecule has 0 aliphatic carbocycles. The fourth-order valence-electron chi connectivity index (χ4n) is 2.35. The molecule has 1 saturated heterocycles. The highest BCUT2D eigenvalue weighted by molar-refractivity contribution is 9.10. The van der Waals surface area contributed by atoms with E-state index in [9.17, 15) is 0 Å². The molecule has 100 valence electrons. The SMILES string of the molecule is CC1CN(CCC(N)c2ccccc2Br)CCS1. The minimum absolute atomic E-state index is 0.130. The third-order valence-corrected chi connectivity index (χ3v) is 5.24. The van der Waals surface area contributed by atoms with E-state index in [1.54, 1.807) is 0 Å². The molecule has 2 N–H and O–H groups in total. The molecule has 1 fully saturated rings. The van der Waals surface area contributed by atoms with Crippen molar-refractivity contribution in [1.29, 1.82) is 0 Å². The van der Waals surface area contributed by atoms with Gasteiger partial charge in [-0.2, -0.15) is 11.8 Å². The van der Waals surface area contributed by atoms with Gasteiger partial charge in [-0.3, -0.25) is 0 Å². The monoisotopic (exact) mass is 328 g/mol. The zero-order valence-electron chi connectivity index (χ0n) is 10.8. The van der Waals surface area contributed by atoms with Crippen molar-refractivity contribution >= 4 is 27.7 Å².